The van der Waals surface area contributed by atoms with Crippen molar-refractivity contribution in [3.05, 3.63) is 17.7 Å². The summed E-state index contributed by atoms with van der Waals surface area (Å²) >= 11 is 0. The predicted molar refractivity (Wildman–Crippen MR) is 72.6 cm³/mol. The summed E-state index contributed by atoms with van der Waals surface area (Å²) in [5, 5.41) is 3.35. The quantitative estimate of drug-likeness (QED) is 0.847. The summed E-state index contributed by atoms with van der Waals surface area (Å²) < 4.78 is 9.89. The van der Waals surface area contributed by atoms with E-state index in [4.69, 9.17) is 9.47 Å². The van der Waals surface area contributed by atoms with Gasteiger partial charge in [-0.2, -0.15) is 4.98 Å². The molecule has 1 aromatic heterocycles. The Labute approximate surface area is 113 Å². The van der Waals surface area contributed by atoms with Crippen molar-refractivity contribution in [3.8, 4) is 5.88 Å². The highest BCUT2D eigenvalue weighted by Crippen LogP contribution is 2.24. The molecule has 0 aliphatic heterocycles. The third kappa shape index (κ3) is 3.36. The van der Waals surface area contributed by atoms with E-state index >= 15 is 0 Å². The first-order valence-electron chi connectivity index (χ1n) is 6.64. The van der Waals surface area contributed by atoms with Crippen LogP contribution in [0.2, 0.25) is 0 Å². The summed E-state index contributed by atoms with van der Waals surface area (Å²) in [6, 6.07) is 3.72. The zero-order valence-electron chi connectivity index (χ0n) is 11.4. The van der Waals surface area contributed by atoms with E-state index in [1.807, 2.05) is 0 Å². The minimum Gasteiger partial charge on any atom is -0.481 e. The molecule has 1 N–H and O–H groups in total. The lowest BCUT2D eigenvalue weighted by atomic mass is 9.95. The molecule has 0 saturated heterocycles. The van der Waals surface area contributed by atoms with Crippen LogP contribution in [0.5, 0.6) is 5.88 Å². The predicted octanol–water partition coefficient (Wildman–Crippen LogP) is 2.62. The van der Waals surface area contributed by atoms with Crippen LogP contribution in [0.3, 0.4) is 0 Å². The maximum Gasteiger partial charge on any atom is 0.341 e. The maximum atomic E-state index is 11.7. The van der Waals surface area contributed by atoms with Gasteiger partial charge in [0.25, 0.3) is 0 Å². The first kappa shape index (κ1) is 13.6. The van der Waals surface area contributed by atoms with Crippen molar-refractivity contribution < 1.29 is 14.3 Å². The monoisotopic (exact) mass is 264 g/mol. The smallest absolute Gasteiger partial charge is 0.341 e. The molecule has 1 aromatic rings. The van der Waals surface area contributed by atoms with Crippen LogP contribution in [0.15, 0.2) is 12.1 Å². The van der Waals surface area contributed by atoms with Crippen molar-refractivity contribution in [2.45, 2.75) is 38.1 Å². The maximum absolute atomic E-state index is 11.7. The average molecular weight is 264 g/mol. The Kier molecular flexibility index (Phi) is 4.60. The summed E-state index contributed by atoms with van der Waals surface area (Å²) in [7, 11) is 2.93. The van der Waals surface area contributed by atoms with Gasteiger partial charge in [0, 0.05) is 12.1 Å². The lowest BCUT2D eigenvalue weighted by Gasteiger charge is -2.24. The van der Waals surface area contributed by atoms with Gasteiger partial charge in [0.05, 0.1) is 14.2 Å². The summed E-state index contributed by atoms with van der Waals surface area (Å²) in [5.41, 5.74) is 0.453. The molecule has 5 heteroatoms. The molecule has 1 aliphatic carbocycles. The number of ether oxygens (including phenoxy) is 2. The van der Waals surface area contributed by atoms with Crippen molar-refractivity contribution in [1.29, 1.82) is 0 Å². The number of pyridine rings is 1. The van der Waals surface area contributed by atoms with Gasteiger partial charge in [-0.3, -0.25) is 0 Å². The van der Waals surface area contributed by atoms with Crippen LogP contribution in [0, 0.1) is 0 Å². The van der Waals surface area contributed by atoms with Gasteiger partial charge in [-0.15, -0.1) is 0 Å². The molecule has 1 saturated carbocycles. The number of methoxy groups -OCH3 is 2. The van der Waals surface area contributed by atoms with Gasteiger partial charge in [-0.05, 0) is 18.9 Å². The van der Waals surface area contributed by atoms with Gasteiger partial charge in [-0.1, -0.05) is 19.3 Å². The second-order valence-electron chi connectivity index (χ2n) is 4.72. The van der Waals surface area contributed by atoms with Crippen LogP contribution in [0.4, 0.5) is 5.82 Å². The van der Waals surface area contributed by atoms with E-state index in [-0.39, 0.29) is 5.97 Å². The van der Waals surface area contributed by atoms with Crippen molar-refractivity contribution in [2.75, 3.05) is 19.5 Å². The number of nitrogens with zero attached hydrogens (tertiary/aromatic N) is 1. The zero-order valence-corrected chi connectivity index (χ0v) is 11.4. The number of carbonyl (C=O) groups is 1. The second-order valence-corrected chi connectivity index (χ2v) is 4.72. The van der Waals surface area contributed by atoms with E-state index in [1.165, 1.54) is 26.4 Å². The summed E-state index contributed by atoms with van der Waals surface area (Å²) in [6.45, 7) is 0. The van der Waals surface area contributed by atoms with Crippen LogP contribution in [0.25, 0.3) is 0 Å². The third-order valence-electron chi connectivity index (χ3n) is 3.43. The van der Waals surface area contributed by atoms with Crippen LogP contribution >= 0.6 is 0 Å². The molecule has 104 valence electrons. The SMILES string of the molecule is COC(=O)c1ccc(OC)nc1NC1CCCCC1. The number of carbonyl (C=O) groups excluding carboxylic acids is 1. The topological polar surface area (TPSA) is 60.5 Å². The normalized spacial score (nSPS) is 15.9. The van der Waals surface area contributed by atoms with Gasteiger partial charge in [0.2, 0.25) is 5.88 Å². The molecule has 1 aliphatic rings. The highest BCUT2D eigenvalue weighted by atomic mass is 16.5. The van der Waals surface area contributed by atoms with Gasteiger partial charge >= 0.3 is 5.97 Å². The molecule has 0 aromatic carbocycles. The number of rotatable bonds is 4. The largest absolute Gasteiger partial charge is 0.481 e. The molecule has 5 nitrogen and oxygen atoms in total. The molecule has 0 amide bonds. The fraction of sp³-hybridized carbons (Fsp3) is 0.571. The third-order valence-corrected chi connectivity index (χ3v) is 3.43. The number of nitrogens with one attached hydrogen (secondary N) is 1. The fourth-order valence-electron chi connectivity index (χ4n) is 2.38. The molecule has 2 rings (SSSR count). The molecule has 19 heavy (non-hydrogen) atoms. The number of anilines is 1. The summed E-state index contributed by atoms with van der Waals surface area (Å²) in [6.07, 6.45) is 5.94. The first-order valence-corrected chi connectivity index (χ1v) is 6.64. The van der Waals surface area contributed by atoms with Gasteiger partial charge in [0.1, 0.15) is 11.4 Å². The molecule has 0 spiro atoms. The molecule has 1 fully saturated rings. The van der Waals surface area contributed by atoms with E-state index in [1.54, 1.807) is 19.2 Å². The highest BCUT2D eigenvalue weighted by Gasteiger charge is 2.19. The molecular weight excluding hydrogens is 244 g/mol. The highest BCUT2D eigenvalue weighted by molar-refractivity contribution is 5.94. The number of hydrogen-bond acceptors (Lipinski definition) is 5. The van der Waals surface area contributed by atoms with E-state index in [0.29, 0.717) is 23.3 Å². The van der Waals surface area contributed by atoms with Crippen LogP contribution in [-0.4, -0.2) is 31.2 Å². The minimum absolute atomic E-state index is 0.372. The standard InChI is InChI=1S/C14H20N2O3/c1-18-12-9-8-11(14(17)19-2)13(16-12)15-10-6-4-3-5-7-10/h8-10H,3-7H2,1-2H3,(H,15,16). The van der Waals surface area contributed by atoms with Crippen molar-refractivity contribution >= 4 is 11.8 Å². The van der Waals surface area contributed by atoms with Crippen molar-refractivity contribution in [3.63, 3.8) is 0 Å². The second kappa shape index (κ2) is 6.41. The Hall–Kier alpha value is -1.78. The lowest BCUT2D eigenvalue weighted by molar-refractivity contribution is 0.0601. The van der Waals surface area contributed by atoms with Crippen LogP contribution in [-0.2, 0) is 4.74 Å². The van der Waals surface area contributed by atoms with Gasteiger partial charge < -0.3 is 14.8 Å². The molecule has 0 bridgehead atoms. The van der Waals surface area contributed by atoms with E-state index in [9.17, 15) is 4.79 Å². The van der Waals surface area contributed by atoms with E-state index in [0.717, 1.165) is 12.8 Å². The Balaban J connectivity index is 2.21. The van der Waals surface area contributed by atoms with E-state index in [2.05, 4.69) is 10.3 Å². The fourth-order valence-corrected chi connectivity index (χ4v) is 2.38. The Morgan fingerprint density at radius 1 is 1.26 bits per heavy atom. The minimum atomic E-state index is -0.381. The Morgan fingerprint density at radius 3 is 2.63 bits per heavy atom. The molecule has 0 unspecified atom stereocenters. The van der Waals surface area contributed by atoms with Crippen molar-refractivity contribution in [2.24, 2.45) is 0 Å². The summed E-state index contributed by atoms with van der Waals surface area (Å²) in [5.74, 6) is 0.664. The molecular formula is C14H20N2O3. The molecule has 1 heterocycles. The van der Waals surface area contributed by atoms with E-state index < -0.39 is 0 Å². The van der Waals surface area contributed by atoms with Gasteiger partial charge in [0.15, 0.2) is 0 Å². The zero-order chi connectivity index (χ0) is 13.7. The van der Waals surface area contributed by atoms with Crippen molar-refractivity contribution in [1.82, 2.24) is 4.98 Å². The van der Waals surface area contributed by atoms with Gasteiger partial charge in [-0.25, -0.2) is 4.79 Å². The van der Waals surface area contributed by atoms with Crippen LogP contribution in [0.1, 0.15) is 42.5 Å². The summed E-state index contributed by atoms with van der Waals surface area (Å²) in [4.78, 5) is 16.1. The molecule has 0 atom stereocenters. The Bertz CT molecular complexity index is 442. The Morgan fingerprint density at radius 2 is 2.00 bits per heavy atom. The first-order chi connectivity index (χ1) is 9.24. The number of esters is 1. The number of aromatic nitrogens is 1. The lowest BCUT2D eigenvalue weighted by Crippen LogP contribution is -2.24. The van der Waals surface area contributed by atoms with Crippen LogP contribution < -0.4 is 10.1 Å². The molecule has 0 radical (unpaired) electrons. The number of hydrogen-bond donors (Lipinski definition) is 1. The average Bonchev–Trinajstić information content (AvgIpc) is 2.47.